The van der Waals surface area contributed by atoms with E-state index in [0.29, 0.717) is 32.0 Å². The van der Waals surface area contributed by atoms with E-state index in [1.807, 2.05) is 39.3 Å². The first-order valence-electron chi connectivity index (χ1n) is 7.53. The molecule has 5 nitrogen and oxygen atoms in total. The van der Waals surface area contributed by atoms with Gasteiger partial charge in [0.1, 0.15) is 0 Å². The van der Waals surface area contributed by atoms with E-state index in [-0.39, 0.29) is 5.97 Å². The Labute approximate surface area is 131 Å². The van der Waals surface area contributed by atoms with Crippen molar-refractivity contribution in [3.05, 3.63) is 0 Å². The van der Waals surface area contributed by atoms with Crippen LogP contribution in [0.2, 0.25) is 39.3 Å². The van der Waals surface area contributed by atoms with Gasteiger partial charge in [0.2, 0.25) is 0 Å². The summed E-state index contributed by atoms with van der Waals surface area (Å²) in [6, 6.07) is 0. The first-order chi connectivity index (χ1) is 9.37. The molecule has 8 heteroatoms. The molecule has 0 aliphatic heterocycles. The molecule has 21 heavy (non-hydrogen) atoms. The fourth-order valence-electron chi connectivity index (χ4n) is 1.75. The van der Waals surface area contributed by atoms with E-state index in [0.717, 1.165) is 0 Å². The van der Waals surface area contributed by atoms with Gasteiger partial charge < -0.3 is 13.2 Å². The van der Waals surface area contributed by atoms with E-state index in [4.69, 9.17) is 13.2 Å². The van der Waals surface area contributed by atoms with Gasteiger partial charge in [-0.2, -0.15) is 0 Å². The second kappa shape index (κ2) is 8.62. The minimum atomic E-state index is -3.07. The Bertz CT molecular complexity index is 354. The average molecular weight is 355 g/mol. The van der Waals surface area contributed by atoms with Crippen LogP contribution in [0.3, 0.4) is 0 Å². The van der Waals surface area contributed by atoms with Crippen LogP contribution in [0.4, 0.5) is 0 Å². The molecule has 0 aromatic heterocycles. The van der Waals surface area contributed by atoms with E-state index in [9.17, 15) is 9.36 Å². The highest BCUT2D eigenvalue weighted by Gasteiger charge is 2.35. The lowest BCUT2D eigenvalue weighted by molar-refractivity contribution is -0.143. The third kappa shape index (κ3) is 12.3. The highest BCUT2D eigenvalue weighted by Crippen LogP contribution is 2.53. The Morgan fingerprint density at radius 3 is 1.81 bits per heavy atom. The molecule has 0 aromatic carbocycles. The second-order valence-corrected chi connectivity index (χ2v) is 18.6. The average Bonchev–Trinajstić information content (AvgIpc) is 2.19. The van der Waals surface area contributed by atoms with E-state index >= 15 is 0 Å². The molecule has 126 valence electrons. The fourth-order valence-corrected chi connectivity index (χ4v) is 10.3. The lowest BCUT2D eigenvalue weighted by Gasteiger charge is -2.31. The van der Waals surface area contributed by atoms with Crippen molar-refractivity contribution in [1.82, 2.24) is 0 Å². The van der Waals surface area contributed by atoms with Gasteiger partial charge in [0, 0.05) is 12.6 Å². The van der Waals surface area contributed by atoms with Gasteiger partial charge in [0.05, 0.1) is 6.61 Å². The molecule has 0 radical (unpaired) electrons. The van der Waals surface area contributed by atoms with Crippen molar-refractivity contribution in [1.29, 1.82) is 0 Å². The second-order valence-electron chi connectivity index (χ2n) is 7.00. The van der Waals surface area contributed by atoms with Crippen molar-refractivity contribution in [2.24, 2.45) is 0 Å². The molecule has 0 saturated heterocycles. The first kappa shape index (κ1) is 21.1. The predicted octanol–water partition coefficient (Wildman–Crippen LogP) is 4.62. The summed E-state index contributed by atoms with van der Waals surface area (Å²) >= 11 is 0. The number of esters is 1. The fraction of sp³-hybridized carbons (Fsp3) is 0.923. The highest BCUT2D eigenvalue weighted by molar-refractivity contribution is 7.57. The Balaban J connectivity index is 4.49. The van der Waals surface area contributed by atoms with Crippen LogP contribution in [0.15, 0.2) is 0 Å². The number of hydrogen-bond acceptors (Lipinski definition) is 5. The summed E-state index contributed by atoms with van der Waals surface area (Å²) in [6.45, 7) is 14.2. The van der Waals surface area contributed by atoms with Gasteiger partial charge in [-0.3, -0.25) is 9.36 Å². The molecule has 0 N–H and O–H groups in total. The van der Waals surface area contributed by atoms with Gasteiger partial charge in [0.25, 0.3) is 0 Å². The lowest BCUT2D eigenvalue weighted by atomic mass is 10.2. The minimum absolute atomic E-state index is 0.204. The maximum Gasteiger partial charge on any atom is 0.311 e. The Morgan fingerprint density at radius 2 is 1.43 bits per heavy atom. The van der Waals surface area contributed by atoms with Crippen LogP contribution in [0.25, 0.3) is 0 Å². The van der Waals surface area contributed by atoms with Gasteiger partial charge >= 0.3 is 13.6 Å². The smallest absolute Gasteiger partial charge is 0.311 e. The molecule has 0 unspecified atom stereocenters. The maximum absolute atomic E-state index is 12.9. The van der Waals surface area contributed by atoms with Crippen LogP contribution >= 0.6 is 7.60 Å². The summed E-state index contributed by atoms with van der Waals surface area (Å²) in [5.74, 6) is -0.204. The molecule has 0 fully saturated rings. The highest BCUT2D eigenvalue weighted by atomic mass is 31.2. The van der Waals surface area contributed by atoms with Crippen molar-refractivity contribution in [2.45, 2.75) is 65.5 Å². The number of unbranched alkanes of at least 4 members (excludes halogenated alkanes) is 1. The third-order valence-electron chi connectivity index (χ3n) is 2.19. The van der Waals surface area contributed by atoms with Crippen LogP contribution < -0.4 is 0 Å². The Morgan fingerprint density at radius 1 is 0.952 bits per heavy atom. The standard InChI is InChI=1S/C13H31O5PSi2/c1-8-16-13(14)11-9-10-12-19(15,17-20(2,3)4)18-21(5,6)7/h8-12H2,1-7H3. The van der Waals surface area contributed by atoms with Crippen LogP contribution in [-0.2, 0) is 22.5 Å². The summed E-state index contributed by atoms with van der Waals surface area (Å²) in [5, 5.41) is 0. The molecular formula is C13H31O5PSi2. The molecule has 0 saturated carbocycles. The molecular weight excluding hydrogens is 323 g/mol. The SMILES string of the molecule is CCOC(=O)CCCCP(=O)(O[Si](C)(C)C)O[Si](C)(C)C. The van der Waals surface area contributed by atoms with Crippen molar-refractivity contribution < 1.29 is 22.5 Å². The van der Waals surface area contributed by atoms with Crippen LogP contribution in [0, 0.1) is 0 Å². The molecule has 0 aromatic rings. The summed E-state index contributed by atoms with van der Waals surface area (Å²) in [4.78, 5) is 11.3. The summed E-state index contributed by atoms with van der Waals surface area (Å²) in [7, 11) is -6.96. The molecule has 0 spiro atoms. The molecule has 0 heterocycles. The first-order valence-corrected chi connectivity index (χ1v) is 16.1. The maximum atomic E-state index is 12.9. The lowest BCUT2D eigenvalue weighted by Crippen LogP contribution is -2.30. The van der Waals surface area contributed by atoms with Gasteiger partial charge in [-0.1, -0.05) is 0 Å². The minimum Gasteiger partial charge on any atom is -0.466 e. The van der Waals surface area contributed by atoms with Crippen molar-refractivity contribution in [3.8, 4) is 0 Å². The van der Waals surface area contributed by atoms with Crippen molar-refractivity contribution in [2.75, 3.05) is 12.8 Å². The number of ether oxygens (including phenoxy) is 1. The molecule has 0 atom stereocenters. The van der Waals surface area contributed by atoms with Crippen molar-refractivity contribution in [3.63, 3.8) is 0 Å². The van der Waals surface area contributed by atoms with Gasteiger partial charge in [-0.25, -0.2) is 0 Å². The Kier molecular flexibility index (Phi) is 8.65. The van der Waals surface area contributed by atoms with Gasteiger partial charge in [0.15, 0.2) is 16.6 Å². The monoisotopic (exact) mass is 354 g/mol. The predicted molar refractivity (Wildman–Crippen MR) is 91.8 cm³/mol. The normalized spacial score (nSPS) is 13.3. The summed E-state index contributed by atoms with van der Waals surface area (Å²) in [5.41, 5.74) is 0. The number of carbonyl (C=O) groups is 1. The summed E-state index contributed by atoms with van der Waals surface area (Å²) < 4.78 is 29.5. The quantitative estimate of drug-likeness (QED) is 0.248. The van der Waals surface area contributed by atoms with Crippen molar-refractivity contribution >= 4 is 30.2 Å². The molecule has 0 rings (SSSR count). The number of carbonyl (C=O) groups excluding carboxylic acids is 1. The van der Waals surface area contributed by atoms with Crippen LogP contribution in [-0.4, -0.2) is 35.4 Å². The zero-order valence-electron chi connectivity index (χ0n) is 14.5. The third-order valence-corrected chi connectivity index (χ3v) is 9.67. The van der Waals surface area contributed by atoms with E-state index in [1.54, 1.807) is 6.92 Å². The molecule has 0 bridgehead atoms. The molecule has 0 aliphatic carbocycles. The molecule has 0 amide bonds. The van der Waals surface area contributed by atoms with E-state index < -0.39 is 24.2 Å². The van der Waals surface area contributed by atoms with E-state index in [2.05, 4.69) is 0 Å². The zero-order valence-corrected chi connectivity index (χ0v) is 17.4. The zero-order chi connectivity index (χ0) is 16.7. The number of hydrogen-bond donors (Lipinski definition) is 0. The van der Waals surface area contributed by atoms with Gasteiger partial charge in [-0.05, 0) is 59.0 Å². The topological polar surface area (TPSA) is 61.8 Å². The molecule has 0 aliphatic rings. The van der Waals surface area contributed by atoms with Crippen LogP contribution in [0.1, 0.15) is 26.2 Å². The number of rotatable bonds is 10. The van der Waals surface area contributed by atoms with Crippen LogP contribution in [0.5, 0.6) is 0 Å². The largest absolute Gasteiger partial charge is 0.466 e. The van der Waals surface area contributed by atoms with E-state index in [1.165, 1.54) is 0 Å². The summed E-state index contributed by atoms with van der Waals surface area (Å²) in [6.07, 6.45) is 2.02. The van der Waals surface area contributed by atoms with Gasteiger partial charge in [-0.15, -0.1) is 0 Å². The Hall–Kier alpha value is 0.0538.